The van der Waals surface area contributed by atoms with E-state index < -0.39 is 0 Å². The molecule has 0 spiro atoms. The fourth-order valence-electron chi connectivity index (χ4n) is 4.12. The summed E-state index contributed by atoms with van der Waals surface area (Å²) in [5.74, 6) is 0.706. The molecule has 0 unspecified atom stereocenters. The number of anilines is 1. The van der Waals surface area contributed by atoms with E-state index in [4.69, 9.17) is 0 Å². The van der Waals surface area contributed by atoms with Crippen LogP contribution in [0.5, 0.6) is 0 Å². The fraction of sp³-hybridized carbons (Fsp3) is 0.571. The van der Waals surface area contributed by atoms with Gasteiger partial charge in [0.2, 0.25) is 5.91 Å². The van der Waals surface area contributed by atoms with Crippen molar-refractivity contribution in [3.05, 3.63) is 35.7 Å². The van der Waals surface area contributed by atoms with Gasteiger partial charge in [-0.25, -0.2) is 0 Å². The lowest BCUT2D eigenvalue weighted by Gasteiger charge is -2.35. The van der Waals surface area contributed by atoms with Gasteiger partial charge in [0.1, 0.15) is 5.78 Å². The molecule has 1 saturated heterocycles. The van der Waals surface area contributed by atoms with Crippen LogP contribution >= 0.6 is 0 Å². The lowest BCUT2D eigenvalue weighted by molar-refractivity contribution is -0.129. The number of benzene rings is 1. The first-order valence-corrected chi connectivity index (χ1v) is 10.3. The molecule has 1 aliphatic rings. The van der Waals surface area contributed by atoms with Gasteiger partial charge in [-0.2, -0.15) is 5.21 Å². The SMILES string of the molecule is CCC[C@H](C(C)=O)[C@H](Cc1ccc(N2CCN(C(C)=O)CC2)cc1)c1nn[nH]n1. The highest BCUT2D eigenvalue weighted by Gasteiger charge is 2.30. The average Bonchev–Trinajstić information content (AvgIpc) is 3.25. The minimum absolute atomic E-state index is 0.0869. The molecular formula is C21H30N6O2. The molecule has 0 radical (unpaired) electrons. The zero-order valence-corrected chi connectivity index (χ0v) is 17.5. The summed E-state index contributed by atoms with van der Waals surface area (Å²) in [5.41, 5.74) is 2.30. The quantitative estimate of drug-likeness (QED) is 0.732. The van der Waals surface area contributed by atoms with E-state index in [0.29, 0.717) is 12.2 Å². The zero-order chi connectivity index (χ0) is 20.8. The number of ketones is 1. The Balaban J connectivity index is 1.71. The maximum absolute atomic E-state index is 12.3. The number of carbonyl (C=O) groups excluding carboxylic acids is 2. The number of piperazine rings is 1. The highest BCUT2D eigenvalue weighted by atomic mass is 16.2. The largest absolute Gasteiger partial charge is 0.368 e. The summed E-state index contributed by atoms with van der Waals surface area (Å²) in [6.45, 7) is 8.56. The molecule has 0 saturated carbocycles. The van der Waals surface area contributed by atoms with E-state index in [2.05, 4.69) is 56.7 Å². The number of aromatic amines is 1. The molecule has 1 aromatic carbocycles. The molecule has 8 heteroatoms. The fourth-order valence-corrected chi connectivity index (χ4v) is 4.12. The third-order valence-corrected chi connectivity index (χ3v) is 5.78. The van der Waals surface area contributed by atoms with Gasteiger partial charge in [-0.3, -0.25) is 9.59 Å². The van der Waals surface area contributed by atoms with Crippen LogP contribution in [0.25, 0.3) is 0 Å². The lowest BCUT2D eigenvalue weighted by Crippen LogP contribution is -2.48. The molecule has 2 aromatic rings. The molecule has 8 nitrogen and oxygen atoms in total. The lowest BCUT2D eigenvalue weighted by atomic mass is 9.81. The number of rotatable bonds is 8. The van der Waals surface area contributed by atoms with Crippen LogP contribution in [0.1, 0.15) is 50.9 Å². The first-order chi connectivity index (χ1) is 14.0. The highest BCUT2D eigenvalue weighted by Crippen LogP contribution is 2.31. The molecule has 1 aromatic heterocycles. The van der Waals surface area contributed by atoms with Gasteiger partial charge in [-0.1, -0.05) is 30.7 Å². The molecule has 3 rings (SSSR count). The van der Waals surface area contributed by atoms with Gasteiger partial charge < -0.3 is 9.80 Å². The minimum atomic E-state index is -0.114. The van der Waals surface area contributed by atoms with Gasteiger partial charge in [-0.15, -0.1) is 10.2 Å². The zero-order valence-electron chi connectivity index (χ0n) is 17.5. The molecule has 1 fully saturated rings. The van der Waals surface area contributed by atoms with Crippen LogP contribution < -0.4 is 4.90 Å². The predicted octanol–water partition coefficient (Wildman–Crippen LogP) is 2.20. The van der Waals surface area contributed by atoms with Crippen LogP contribution in [0.2, 0.25) is 0 Å². The number of hydrogen-bond donors (Lipinski definition) is 1. The summed E-state index contributed by atoms with van der Waals surface area (Å²) in [7, 11) is 0. The van der Waals surface area contributed by atoms with Crippen molar-refractivity contribution in [2.45, 2.75) is 46.0 Å². The number of Topliss-reactive ketones (excluding diaryl/α,β-unsaturated/α-hetero) is 1. The number of amides is 1. The van der Waals surface area contributed by atoms with Gasteiger partial charge in [0.25, 0.3) is 0 Å². The average molecular weight is 399 g/mol. The minimum Gasteiger partial charge on any atom is -0.368 e. The number of hydrogen-bond acceptors (Lipinski definition) is 6. The molecular weight excluding hydrogens is 368 g/mol. The summed E-state index contributed by atoms with van der Waals surface area (Å²) in [4.78, 5) is 28.0. The van der Waals surface area contributed by atoms with Crippen molar-refractivity contribution < 1.29 is 9.59 Å². The number of carbonyl (C=O) groups is 2. The van der Waals surface area contributed by atoms with Crippen LogP contribution in [0, 0.1) is 5.92 Å². The number of nitrogens with zero attached hydrogens (tertiary/aromatic N) is 5. The van der Waals surface area contributed by atoms with E-state index in [0.717, 1.165) is 50.3 Å². The Bertz CT molecular complexity index is 797. The summed E-state index contributed by atoms with van der Waals surface area (Å²) >= 11 is 0. The van der Waals surface area contributed by atoms with E-state index in [1.807, 2.05) is 4.90 Å². The first-order valence-electron chi connectivity index (χ1n) is 10.3. The summed E-state index contributed by atoms with van der Waals surface area (Å²) in [6, 6.07) is 8.47. The van der Waals surface area contributed by atoms with Crippen molar-refractivity contribution in [2.24, 2.45) is 5.92 Å². The maximum Gasteiger partial charge on any atom is 0.219 e. The third-order valence-electron chi connectivity index (χ3n) is 5.78. The smallest absolute Gasteiger partial charge is 0.219 e. The normalized spacial score (nSPS) is 16.5. The number of aromatic nitrogens is 4. The standard InChI is InChI=1S/C21H30N6O2/c1-4-5-19(15(2)28)20(21-22-24-25-23-21)14-17-6-8-18(9-7-17)27-12-10-26(11-13-27)16(3)29/h6-9,19-20H,4-5,10-14H2,1-3H3,(H,22,23,24,25)/t19-,20+/m1/s1. The Morgan fingerprint density at radius 2 is 1.79 bits per heavy atom. The van der Waals surface area contributed by atoms with Gasteiger partial charge in [0.15, 0.2) is 5.82 Å². The van der Waals surface area contributed by atoms with E-state index in [9.17, 15) is 9.59 Å². The van der Waals surface area contributed by atoms with Crippen LogP contribution in [0.4, 0.5) is 5.69 Å². The van der Waals surface area contributed by atoms with E-state index in [1.54, 1.807) is 13.8 Å². The van der Waals surface area contributed by atoms with Gasteiger partial charge in [0, 0.05) is 50.6 Å². The molecule has 156 valence electrons. The Labute approximate surface area is 171 Å². The van der Waals surface area contributed by atoms with Crippen LogP contribution in [-0.2, 0) is 16.0 Å². The van der Waals surface area contributed by atoms with Gasteiger partial charge >= 0.3 is 0 Å². The summed E-state index contributed by atoms with van der Waals surface area (Å²) in [6.07, 6.45) is 2.44. The van der Waals surface area contributed by atoms with Gasteiger partial charge in [-0.05, 0) is 37.5 Å². The molecule has 0 aliphatic carbocycles. The molecule has 29 heavy (non-hydrogen) atoms. The predicted molar refractivity (Wildman–Crippen MR) is 111 cm³/mol. The highest BCUT2D eigenvalue weighted by molar-refractivity contribution is 5.79. The van der Waals surface area contributed by atoms with E-state index in [-0.39, 0.29) is 23.5 Å². The van der Waals surface area contributed by atoms with Crippen molar-refractivity contribution in [2.75, 3.05) is 31.1 Å². The Morgan fingerprint density at radius 3 is 2.31 bits per heavy atom. The van der Waals surface area contributed by atoms with Crippen molar-refractivity contribution >= 4 is 17.4 Å². The Hall–Kier alpha value is -2.77. The second kappa shape index (κ2) is 9.62. The van der Waals surface area contributed by atoms with Gasteiger partial charge in [0.05, 0.1) is 0 Å². The van der Waals surface area contributed by atoms with Crippen molar-refractivity contribution in [1.29, 1.82) is 0 Å². The molecule has 0 bridgehead atoms. The molecule has 2 atom stereocenters. The number of H-pyrrole nitrogens is 1. The topological polar surface area (TPSA) is 95.1 Å². The molecule has 1 amide bonds. The summed E-state index contributed by atoms with van der Waals surface area (Å²) in [5, 5.41) is 14.6. The van der Waals surface area contributed by atoms with E-state index in [1.165, 1.54) is 0 Å². The second-order valence-corrected chi connectivity index (χ2v) is 7.75. The monoisotopic (exact) mass is 398 g/mol. The van der Waals surface area contributed by atoms with E-state index >= 15 is 0 Å². The van der Waals surface area contributed by atoms with Crippen LogP contribution in [0.15, 0.2) is 24.3 Å². The first kappa shape index (κ1) is 21.0. The maximum atomic E-state index is 12.3. The second-order valence-electron chi connectivity index (χ2n) is 7.75. The molecule has 1 aliphatic heterocycles. The van der Waals surface area contributed by atoms with Crippen LogP contribution in [-0.4, -0.2) is 63.4 Å². The van der Waals surface area contributed by atoms with Crippen molar-refractivity contribution in [3.63, 3.8) is 0 Å². The van der Waals surface area contributed by atoms with Crippen LogP contribution in [0.3, 0.4) is 0 Å². The number of tetrazole rings is 1. The van der Waals surface area contributed by atoms with Crippen molar-refractivity contribution in [1.82, 2.24) is 25.5 Å². The number of nitrogens with one attached hydrogen (secondary N) is 1. The van der Waals surface area contributed by atoms with Crippen molar-refractivity contribution in [3.8, 4) is 0 Å². The molecule has 2 heterocycles. The summed E-state index contributed by atoms with van der Waals surface area (Å²) < 4.78 is 0. The molecule has 1 N–H and O–H groups in total. The Morgan fingerprint density at radius 1 is 1.10 bits per heavy atom. The third kappa shape index (κ3) is 5.19. The Kier molecular flexibility index (Phi) is 6.95.